The van der Waals surface area contributed by atoms with Gasteiger partial charge in [-0.2, -0.15) is 5.26 Å². The lowest BCUT2D eigenvalue weighted by Gasteiger charge is -2.31. The van der Waals surface area contributed by atoms with Crippen LogP contribution in [0.4, 0.5) is 0 Å². The third-order valence-electron chi connectivity index (χ3n) is 2.99. The molecular weight excluding hydrogens is 260 g/mol. The first kappa shape index (κ1) is 16.0. The quantitative estimate of drug-likeness (QED) is 0.289. The fourth-order valence-electron chi connectivity index (χ4n) is 1.81. The van der Waals surface area contributed by atoms with Crippen LogP contribution in [0.3, 0.4) is 0 Å². The molecule has 1 N–H and O–H groups in total. The van der Waals surface area contributed by atoms with E-state index in [9.17, 15) is 9.59 Å². The SMILES string of the molecule is COCCCNC(=O)/C(C#N)=C\N1CCN(C=O)CC1. The van der Waals surface area contributed by atoms with E-state index in [-0.39, 0.29) is 11.5 Å². The van der Waals surface area contributed by atoms with Crippen LogP contribution in [0.1, 0.15) is 6.42 Å². The summed E-state index contributed by atoms with van der Waals surface area (Å²) in [7, 11) is 1.60. The average molecular weight is 280 g/mol. The minimum absolute atomic E-state index is 0.0852. The van der Waals surface area contributed by atoms with E-state index in [0.29, 0.717) is 45.8 Å². The van der Waals surface area contributed by atoms with Gasteiger partial charge in [0.2, 0.25) is 6.41 Å². The van der Waals surface area contributed by atoms with E-state index in [1.54, 1.807) is 18.2 Å². The molecule has 0 atom stereocenters. The van der Waals surface area contributed by atoms with Gasteiger partial charge in [0.1, 0.15) is 11.6 Å². The second-order valence-corrected chi connectivity index (χ2v) is 4.43. The van der Waals surface area contributed by atoms with E-state index in [0.717, 1.165) is 6.41 Å². The van der Waals surface area contributed by atoms with Gasteiger partial charge < -0.3 is 19.9 Å². The number of nitriles is 1. The maximum atomic E-state index is 11.8. The minimum atomic E-state index is -0.374. The zero-order valence-corrected chi connectivity index (χ0v) is 11.7. The van der Waals surface area contributed by atoms with Crippen molar-refractivity contribution in [2.24, 2.45) is 0 Å². The van der Waals surface area contributed by atoms with Gasteiger partial charge in [0.15, 0.2) is 0 Å². The molecule has 20 heavy (non-hydrogen) atoms. The van der Waals surface area contributed by atoms with Crippen molar-refractivity contribution < 1.29 is 14.3 Å². The average Bonchev–Trinajstić information content (AvgIpc) is 2.49. The maximum absolute atomic E-state index is 11.8. The number of carbonyl (C=O) groups is 2. The van der Waals surface area contributed by atoms with Crippen molar-refractivity contribution in [2.45, 2.75) is 6.42 Å². The Morgan fingerprint density at radius 2 is 2.00 bits per heavy atom. The second-order valence-electron chi connectivity index (χ2n) is 4.43. The number of nitrogens with one attached hydrogen (secondary N) is 1. The Morgan fingerprint density at radius 1 is 1.35 bits per heavy atom. The number of piperazine rings is 1. The van der Waals surface area contributed by atoms with Crippen molar-refractivity contribution in [2.75, 3.05) is 46.4 Å². The van der Waals surface area contributed by atoms with Crippen LogP contribution in [0.2, 0.25) is 0 Å². The van der Waals surface area contributed by atoms with Gasteiger partial charge >= 0.3 is 0 Å². The monoisotopic (exact) mass is 280 g/mol. The lowest BCUT2D eigenvalue weighted by molar-refractivity contribution is -0.119. The molecular formula is C13H20N4O3. The van der Waals surface area contributed by atoms with Crippen LogP contribution >= 0.6 is 0 Å². The van der Waals surface area contributed by atoms with Gasteiger partial charge in [-0.05, 0) is 6.42 Å². The Kier molecular flexibility index (Phi) is 7.14. The standard InChI is InChI=1S/C13H20N4O3/c1-20-8-2-3-15-13(19)12(9-14)10-16-4-6-17(11-18)7-5-16/h10-11H,2-8H2,1H3,(H,15,19)/b12-10-. The smallest absolute Gasteiger partial charge is 0.263 e. The lowest BCUT2D eigenvalue weighted by atomic mass is 10.2. The molecule has 7 nitrogen and oxygen atoms in total. The Balaban J connectivity index is 2.44. The molecule has 0 aromatic rings. The molecule has 0 saturated carbocycles. The summed E-state index contributed by atoms with van der Waals surface area (Å²) >= 11 is 0. The third kappa shape index (κ3) is 5.28. The number of rotatable bonds is 7. The van der Waals surface area contributed by atoms with Crippen molar-refractivity contribution in [1.29, 1.82) is 5.26 Å². The van der Waals surface area contributed by atoms with Crippen molar-refractivity contribution in [3.63, 3.8) is 0 Å². The van der Waals surface area contributed by atoms with Gasteiger partial charge in [0.05, 0.1) is 0 Å². The van der Waals surface area contributed by atoms with Crippen LogP contribution in [-0.4, -0.2) is 68.6 Å². The summed E-state index contributed by atoms with van der Waals surface area (Å²) in [6, 6.07) is 1.91. The van der Waals surface area contributed by atoms with E-state index >= 15 is 0 Å². The Bertz CT molecular complexity index is 395. The highest BCUT2D eigenvalue weighted by Gasteiger charge is 2.15. The van der Waals surface area contributed by atoms with E-state index < -0.39 is 0 Å². The summed E-state index contributed by atoms with van der Waals surface area (Å²) in [4.78, 5) is 25.9. The predicted octanol–water partition coefficient (Wildman–Crippen LogP) is -0.679. The van der Waals surface area contributed by atoms with Crippen molar-refractivity contribution in [1.82, 2.24) is 15.1 Å². The molecule has 0 spiro atoms. The van der Waals surface area contributed by atoms with Crippen LogP contribution in [0.5, 0.6) is 0 Å². The van der Waals surface area contributed by atoms with Crippen LogP contribution < -0.4 is 5.32 Å². The number of carbonyl (C=O) groups excluding carboxylic acids is 2. The molecule has 7 heteroatoms. The van der Waals surface area contributed by atoms with E-state index in [1.165, 1.54) is 0 Å². The topological polar surface area (TPSA) is 85.7 Å². The number of hydrogen-bond acceptors (Lipinski definition) is 5. The van der Waals surface area contributed by atoms with Crippen LogP contribution in [0, 0.1) is 11.3 Å². The van der Waals surface area contributed by atoms with Gasteiger partial charge in [-0.1, -0.05) is 0 Å². The summed E-state index contributed by atoms with van der Waals surface area (Å²) in [6.07, 6.45) is 3.08. The molecule has 0 aliphatic carbocycles. The van der Waals surface area contributed by atoms with Gasteiger partial charge in [0.25, 0.3) is 5.91 Å². The van der Waals surface area contributed by atoms with Gasteiger partial charge in [-0.3, -0.25) is 9.59 Å². The normalized spacial score (nSPS) is 15.7. The summed E-state index contributed by atoms with van der Waals surface area (Å²) < 4.78 is 4.88. The first-order valence-corrected chi connectivity index (χ1v) is 6.53. The second kappa shape index (κ2) is 8.93. The maximum Gasteiger partial charge on any atom is 0.263 e. The van der Waals surface area contributed by atoms with E-state index in [4.69, 9.17) is 10.00 Å². The summed E-state index contributed by atoms with van der Waals surface area (Å²) in [6.45, 7) is 3.51. The number of methoxy groups -OCH3 is 1. The Labute approximate surface area is 118 Å². The van der Waals surface area contributed by atoms with Gasteiger partial charge in [-0.25, -0.2) is 0 Å². The molecule has 0 aromatic carbocycles. The van der Waals surface area contributed by atoms with Gasteiger partial charge in [-0.15, -0.1) is 0 Å². The zero-order chi connectivity index (χ0) is 14.8. The molecule has 1 aliphatic heterocycles. The van der Waals surface area contributed by atoms with Crippen molar-refractivity contribution in [3.8, 4) is 6.07 Å². The van der Waals surface area contributed by atoms with Crippen LogP contribution in [-0.2, 0) is 14.3 Å². The number of hydrogen-bond donors (Lipinski definition) is 1. The Hall–Kier alpha value is -2.07. The molecule has 0 unspecified atom stereocenters. The van der Waals surface area contributed by atoms with E-state index in [1.807, 2.05) is 11.0 Å². The highest BCUT2D eigenvalue weighted by atomic mass is 16.5. The molecule has 0 bridgehead atoms. The third-order valence-corrected chi connectivity index (χ3v) is 2.99. The fourth-order valence-corrected chi connectivity index (χ4v) is 1.81. The first-order chi connectivity index (χ1) is 9.71. The van der Waals surface area contributed by atoms with Gasteiger partial charge in [0, 0.05) is 52.6 Å². The minimum Gasteiger partial charge on any atom is -0.385 e. The van der Waals surface area contributed by atoms with Crippen molar-refractivity contribution in [3.05, 3.63) is 11.8 Å². The number of ether oxygens (including phenoxy) is 1. The lowest BCUT2D eigenvalue weighted by Crippen LogP contribution is -2.43. The number of nitrogens with zero attached hydrogens (tertiary/aromatic N) is 3. The number of amides is 2. The largest absolute Gasteiger partial charge is 0.385 e. The molecule has 0 aromatic heterocycles. The fraction of sp³-hybridized carbons (Fsp3) is 0.615. The molecule has 1 saturated heterocycles. The molecule has 1 aliphatic rings. The highest BCUT2D eigenvalue weighted by molar-refractivity contribution is 5.97. The molecule has 2 amide bonds. The predicted molar refractivity (Wildman–Crippen MR) is 72.4 cm³/mol. The molecule has 0 radical (unpaired) electrons. The molecule has 1 rings (SSSR count). The highest BCUT2D eigenvalue weighted by Crippen LogP contribution is 2.03. The molecule has 1 fully saturated rings. The van der Waals surface area contributed by atoms with Crippen LogP contribution in [0.25, 0.3) is 0 Å². The van der Waals surface area contributed by atoms with Crippen molar-refractivity contribution >= 4 is 12.3 Å². The summed E-state index contributed by atoms with van der Waals surface area (Å²) in [5, 5.41) is 11.7. The Morgan fingerprint density at radius 3 is 2.55 bits per heavy atom. The van der Waals surface area contributed by atoms with E-state index in [2.05, 4.69) is 5.32 Å². The first-order valence-electron chi connectivity index (χ1n) is 6.53. The summed E-state index contributed by atoms with van der Waals surface area (Å²) in [5.74, 6) is -0.374. The van der Waals surface area contributed by atoms with Crippen LogP contribution in [0.15, 0.2) is 11.8 Å². The summed E-state index contributed by atoms with van der Waals surface area (Å²) in [5.41, 5.74) is 0.0852. The molecule has 110 valence electrons. The zero-order valence-electron chi connectivity index (χ0n) is 11.7. The molecule has 1 heterocycles.